The highest BCUT2D eigenvalue weighted by Gasteiger charge is 2.09. The maximum Gasteiger partial charge on any atom is 0.207 e. The van der Waals surface area contributed by atoms with Gasteiger partial charge in [-0.3, -0.25) is 4.57 Å². The molecule has 0 radical (unpaired) electrons. The van der Waals surface area contributed by atoms with Crippen molar-refractivity contribution in [3.05, 3.63) is 40.9 Å². The molecule has 0 unspecified atom stereocenters. The van der Waals surface area contributed by atoms with Crippen molar-refractivity contribution < 1.29 is 9.13 Å². The average Bonchev–Trinajstić information content (AvgIpc) is 2.83. The van der Waals surface area contributed by atoms with Crippen molar-refractivity contribution in [3.63, 3.8) is 0 Å². The Labute approximate surface area is 128 Å². The summed E-state index contributed by atoms with van der Waals surface area (Å²) < 4.78 is 20.7. The SMILES string of the molecule is CCOCCCNc1nc(C)cn1-c1ccc(Cl)c(F)c1. The molecule has 0 amide bonds. The third-order valence-corrected chi connectivity index (χ3v) is 3.27. The molecule has 114 valence electrons. The molecule has 0 aliphatic heterocycles. The summed E-state index contributed by atoms with van der Waals surface area (Å²) >= 11 is 5.72. The molecule has 0 aliphatic carbocycles. The minimum atomic E-state index is -0.442. The van der Waals surface area contributed by atoms with E-state index in [1.54, 1.807) is 12.1 Å². The molecule has 1 aromatic carbocycles. The topological polar surface area (TPSA) is 39.1 Å². The Kier molecular flexibility index (Phi) is 5.59. The van der Waals surface area contributed by atoms with Crippen LogP contribution in [-0.2, 0) is 4.74 Å². The van der Waals surface area contributed by atoms with Crippen LogP contribution >= 0.6 is 11.6 Å². The lowest BCUT2D eigenvalue weighted by atomic mass is 10.3. The minimum absolute atomic E-state index is 0.113. The molecule has 0 saturated carbocycles. The van der Waals surface area contributed by atoms with Gasteiger partial charge in [-0.05, 0) is 38.5 Å². The zero-order valence-electron chi connectivity index (χ0n) is 12.2. The fourth-order valence-electron chi connectivity index (χ4n) is 1.97. The number of anilines is 1. The van der Waals surface area contributed by atoms with E-state index >= 15 is 0 Å². The quantitative estimate of drug-likeness (QED) is 0.790. The maximum atomic E-state index is 13.6. The number of aryl methyl sites for hydroxylation is 1. The van der Waals surface area contributed by atoms with Crippen molar-refractivity contribution in [1.82, 2.24) is 9.55 Å². The first kappa shape index (κ1) is 15.8. The lowest BCUT2D eigenvalue weighted by Gasteiger charge is -2.10. The fourth-order valence-corrected chi connectivity index (χ4v) is 2.09. The number of ether oxygens (including phenoxy) is 1. The van der Waals surface area contributed by atoms with Gasteiger partial charge in [0.2, 0.25) is 5.95 Å². The molecule has 1 aromatic heterocycles. The van der Waals surface area contributed by atoms with Crippen LogP contribution in [0.5, 0.6) is 0 Å². The molecule has 0 aliphatic rings. The number of aromatic nitrogens is 2. The predicted octanol–water partition coefficient (Wildman–Crippen LogP) is 3.81. The summed E-state index contributed by atoms with van der Waals surface area (Å²) in [6.07, 6.45) is 2.74. The van der Waals surface area contributed by atoms with Crippen molar-refractivity contribution in [2.24, 2.45) is 0 Å². The number of benzene rings is 1. The zero-order chi connectivity index (χ0) is 15.2. The Morgan fingerprint density at radius 1 is 1.43 bits per heavy atom. The summed E-state index contributed by atoms with van der Waals surface area (Å²) in [5.41, 5.74) is 1.54. The smallest absolute Gasteiger partial charge is 0.207 e. The van der Waals surface area contributed by atoms with E-state index in [4.69, 9.17) is 16.3 Å². The first-order chi connectivity index (χ1) is 10.1. The Bertz CT molecular complexity index is 601. The van der Waals surface area contributed by atoms with E-state index in [-0.39, 0.29) is 5.02 Å². The zero-order valence-corrected chi connectivity index (χ0v) is 13.0. The summed E-state index contributed by atoms with van der Waals surface area (Å²) in [6.45, 7) is 6.04. The van der Waals surface area contributed by atoms with E-state index in [0.29, 0.717) is 18.2 Å². The Balaban J connectivity index is 2.10. The average molecular weight is 312 g/mol. The lowest BCUT2D eigenvalue weighted by molar-refractivity contribution is 0.147. The first-order valence-corrected chi connectivity index (χ1v) is 7.32. The van der Waals surface area contributed by atoms with Crippen LogP contribution in [0.25, 0.3) is 5.69 Å². The molecule has 0 fully saturated rings. The molecule has 0 bridgehead atoms. The van der Waals surface area contributed by atoms with Crippen molar-refractivity contribution in [2.75, 3.05) is 25.1 Å². The first-order valence-electron chi connectivity index (χ1n) is 6.95. The number of nitrogens with zero attached hydrogens (tertiary/aromatic N) is 2. The van der Waals surface area contributed by atoms with Gasteiger partial charge in [-0.1, -0.05) is 11.6 Å². The number of halogens is 2. The summed E-state index contributed by atoms with van der Waals surface area (Å²) in [6, 6.07) is 4.70. The van der Waals surface area contributed by atoms with Gasteiger partial charge in [0, 0.05) is 26.0 Å². The molecule has 2 aromatic rings. The highest BCUT2D eigenvalue weighted by atomic mass is 35.5. The molecule has 2 rings (SSSR count). The van der Waals surface area contributed by atoms with Gasteiger partial charge in [0.25, 0.3) is 0 Å². The van der Waals surface area contributed by atoms with Crippen molar-refractivity contribution in [1.29, 1.82) is 0 Å². The second-order valence-electron chi connectivity index (χ2n) is 4.65. The van der Waals surface area contributed by atoms with Crippen molar-refractivity contribution >= 4 is 17.5 Å². The molecule has 0 spiro atoms. The molecule has 0 atom stereocenters. The van der Waals surface area contributed by atoms with Crippen LogP contribution in [0.3, 0.4) is 0 Å². The Morgan fingerprint density at radius 2 is 2.24 bits per heavy atom. The van der Waals surface area contributed by atoms with E-state index in [0.717, 1.165) is 25.3 Å². The van der Waals surface area contributed by atoms with E-state index in [1.807, 2.05) is 24.6 Å². The van der Waals surface area contributed by atoms with E-state index in [1.165, 1.54) is 6.07 Å². The molecule has 21 heavy (non-hydrogen) atoms. The number of hydrogen-bond acceptors (Lipinski definition) is 3. The number of rotatable bonds is 7. The molecule has 1 N–H and O–H groups in total. The molecule has 4 nitrogen and oxygen atoms in total. The van der Waals surface area contributed by atoms with Gasteiger partial charge in [0.1, 0.15) is 5.82 Å². The molecular formula is C15H19ClFN3O. The van der Waals surface area contributed by atoms with Gasteiger partial charge in [0.15, 0.2) is 0 Å². The summed E-state index contributed by atoms with van der Waals surface area (Å²) in [4.78, 5) is 4.41. The third kappa shape index (κ3) is 4.19. The largest absolute Gasteiger partial charge is 0.382 e. The summed E-state index contributed by atoms with van der Waals surface area (Å²) in [7, 11) is 0. The van der Waals surface area contributed by atoms with E-state index < -0.39 is 5.82 Å². The summed E-state index contributed by atoms with van der Waals surface area (Å²) in [5.74, 6) is 0.244. The van der Waals surface area contributed by atoms with E-state index in [2.05, 4.69) is 10.3 Å². The Hall–Kier alpha value is -1.59. The van der Waals surface area contributed by atoms with Crippen LogP contribution in [0.1, 0.15) is 19.0 Å². The van der Waals surface area contributed by atoms with Crippen LogP contribution in [0.15, 0.2) is 24.4 Å². The molecule has 1 heterocycles. The Morgan fingerprint density at radius 3 is 2.95 bits per heavy atom. The highest BCUT2D eigenvalue weighted by molar-refractivity contribution is 6.30. The monoisotopic (exact) mass is 311 g/mol. The highest BCUT2D eigenvalue weighted by Crippen LogP contribution is 2.21. The van der Waals surface area contributed by atoms with Crippen LogP contribution in [-0.4, -0.2) is 29.3 Å². The van der Waals surface area contributed by atoms with Gasteiger partial charge in [-0.25, -0.2) is 9.37 Å². The fraction of sp³-hybridized carbons (Fsp3) is 0.400. The van der Waals surface area contributed by atoms with Crippen LogP contribution < -0.4 is 5.32 Å². The van der Waals surface area contributed by atoms with Gasteiger partial charge in [0.05, 0.1) is 16.4 Å². The van der Waals surface area contributed by atoms with Gasteiger partial charge < -0.3 is 10.1 Å². The normalized spacial score (nSPS) is 10.9. The van der Waals surface area contributed by atoms with Gasteiger partial charge in [-0.15, -0.1) is 0 Å². The number of hydrogen-bond donors (Lipinski definition) is 1. The number of nitrogens with one attached hydrogen (secondary N) is 1. The lowest BCUT2D eigenvalue weighted by Crippen LogP contribution is -2.10. The van der Waals surface area contributed by atoms with Crippen LogP contribution in [0.2, 0.25) is 5.02 Å². The minimum Gasteiger partial charge on any atom is -0.382 e. The van der Waals surface area contributed by atoms with Gasteiger partial charge in [-0.2, -0.15) is 0 Å². The predicted molar refractivity (Wildman–Crippen MR) is 82.9 cm³/mol. The maximum absolute atomic E-state index is 13.6. The molecule has 6 heteroatoms. The third-order valence-electron chi connectivity index (χ3n) is 2.96. The molecule has 0 saturated heterocycles. The second kappa shape index (κ2) is 7.43. The van der Waals surface area contributed by atoms with Crippen LogP contribution in [0, 0.1) is 12.7 Å². The van der Waals surface area contributed by atoms with Crippen LogP contribution in [0.4, 0.5) is 10.3 Å². The summed E-state index contributed by atoms with van der Waals surface area (Å²) in [5, 5.41) is 3.35. The van der Waals surface area contributed by atoms with Crippen molar-refractivity contribution in [3.8, 4) is 5.69 Å². The van der Waals surface area contributed by atoms with Gasteiger partial charge >= 0.3 is 0 Å². The molecular weight excluding hydrogens is 293 g/mol. The standard InChI is InChI=1S/C15H19ClFN3O/c1-3-21-8-4-7-18-15-19-11(2)10-20(15)12-5-6-13(16)14(17)9-12/h5-6,9-10H,3-4,7-8H2,1-2H3,(H,18,19). The van der Waals surface area contributed by atoms with Crippen molar-refractivity contribution in [2.45, 2.75) is 20.3 Å². The number of imidazole rings is 1. The van der Waals surface area contributed by atoms with E-state index in [9.17, 15) is 4.39 Å². The second-order valence-corrected chi connectivity index (χ2v) is 5.06.